The van der Waals surface area contributed by atoms with Crippen LogP contribution in [0.5, 0.6) is 0 Å². The summed E-state index contributed by atoms with van der Waals surface area (Å²) in [4.78, 5) is 0.136. The van der Waals surface area contributed by atoms with Gasteiger partial charge in [0.25, 0.3) is 0 Å². The van der Waals surface area contributed by atoms with E-state index in [9.17, 15) is 8.42 Å². The van der Waals surface area contributed by atoms with Gasteiger partial charge in [0.1, 0.15) is 4.90 Å². The van der Waals surface area contributed by atoms with Gasteiger partial charge in [0.15, 0.2) is 0 Å². The highest BCUT2D eigenvalue weighted by Gasteiger charge is 2.26. The largest absolute Gasteiger partial charge is 0.398 e. The fourth-order valence-corrected chi connectivity index (χ4v) is 4.10. The Bertz CT molecular complexity index is 554. The lowest BCUT2D eigenvalue weighted by Gasteiger charge is -2.21. The first kappa shape index (κ1) is 14.6. The summed E-state index contributed by atoms with van der Waals surface area (Å²) >= 11 is 5.80. The fraction of sp³-hybridized carbons (Fsp3) is 0.538. The number of hydrogen-bond acceptors (Lipinski definition) is 3. The number of benzene rings is 1. The third-order valence-corrected chi connectivity index (χ3v) is 5.78. The summed E-state index contributed by atoms with van der Waals surface area (Å²) in [6.07, 6.45) is 4.61. The predicted octanol–water partition coefficient (Wildman–Crippen LogP) is 2.73. The molecule has 1 aliphatic carbocycles. The number of rotatable bonds is 4. The standard InChI is InChI=1S/C13H19ClN2O2S/c1-16(9-10-4-2-3-5-10)19(17,18)13-7-6-11(14)8-12(13)15/h6-8,10H,2-5,9,15H2,1H3. The van der Waals surface area contributed by atoms with E-state index in [1.54, 1.807) is 13.1 Å². The Morgan fingerprint density at radius 1 is 1.37 bits per heavy atom. The molecular formula is C13H19ClN2O2S. The molecule has 0 aromatic heterocycles. The predicted molar refractivity (Wildman–Crippen MR) is 77.6 cm³/mol. The van der Waals surface area contributed by atoms with Gasteiger partial charge in [-0.15, -0.1) is 0 Å². The van der Waals surface area contributed by atoms with Crippen LogP contribution in [0.2, 0.25) is 5.02 Å². The van der Waals surface area contributed by atoms with Crippen LogP contribution in [0.4, 0.5) is 5.69 Å². The van der Waals surface area contributed by atoms with Gasteiger partial charge in [-0.2, -0.15) is 0 Å². The summed E-state index contributed by atoms with van der Waals surface area (Å²) in [5, 5.41) is 0.440. The normalized spacial score (nSPS) is 17.2. The molecule has 1 aliphatic rings. The quantitative estimate of drug-likeness (QED) is 0.870. The lowest BCUT2D eigenvalue weighted by atomic mass is 10.1. The molecular weight excluding hydrogens is 284 g/mol. The minimum atomic E-state index is -3.52. The molecule has 0 spiro atoms. The maximum absolute atomic E-state index is 12.5. The maximum atomic E-state index is 12.5. The Kier molecular flexibility index (Phi) is 4.38. The van der Waals surface area contributed by atoms with Crippen molar-refractivity contribution in [2.75, 3.05) is 19.3 Å². The molecule has 0 heterocycles. The van der Waals surface area contributed by atoms with E-state index < -0.39 is 10.0 Å². The molecule has 0 unspecified atom stereocenters. The second-order valence-corrected chi connectivity index (χ2v) is 7.57. The molecule has 4 nitrogen and oxygen atoms in total. The van der Waals surface area contributed by atoms with E-state index in [1.807, 2.05) is 0 Å². The number of sulfonamides is 1. The van der Waals surface area contributed by atoms with Crippen LogP contribution >= 0.6 is 11.6 Å². The monoisotopic (exact) mass is 302 g/mol. The summed E-state index contributed by atoms with van der Waals surface area (Å²) in [7, 11) is -1.91. The minimum Gasteiger partial charge on any atom is -0.398 e. The smallest absolute Gasteiger partial charge is 0.244 e. The molecule has 0 aliphatic heterocycles. The zero-order chi connectivity index (χ0) is 14.0. The van der Waals surface area contributed by atoms with Crippen molar-refractivity contribution >= 4 is 27.3 Å². The highest BCUT2D eigenvalue weighted by atomic mass is 35.5. The molecule has 0 saturated heterocycles. The van der Waals surface area contributed by atoms with Gasteiger partial charge in [-0.3, -0.25) is 0 Å². The number of halogens is 1. The third-order valence-electron chi connectivity index (χ3n) is 3.65. The van der Waals surface area contributed by atoms with Crippen LogP contribution in [0.3, 0.4) is 0 Å². The summed E-state index contributed by atoms with van der Waals surface area (Å²) in [6.45, 7) is 0.560. The molecule has 19 heavy (non-hydrogen) atoms. The molecule has 1 aromatic carbocycles. The first-order valence-electron chi connectivity index (χ1n) is 6.42. The maximum Gasteiger partial charge on any atom is 0.244 e. The Morgan fingerprint density at radius 2 is 2.00 bits per heavy atom. The summed E-state index contributed by atoms with van der Waals surface area (Å²) in [6, 6.07) is 4.49. The van der Waals surface area contributed by atoms with Crippen LogP contribution in [0.15, 0.2) is 23.1 Å². The van der Waals surface area contributed by atoms with Crippen molar-refractivity contribution in [3.8, 4) is 0 Å². The van der Waals surface area contributed by atoms with Gasteiger partial charge in [-0.25, -0.2) is 12.7 Å². The van der Waals surface area contributed by atoms with Gasteiger partial charge in [-0.1, -0.05) is 24.4 Å². The van der Waals surface area contributed by atoms with E-state index >= 15 is 0 Å². The van der Waals surface area contributed by atoms with Crippen LogP contribution in [0.1, 0.15) is 25.7 Å². The molecule has 0 bridgehead atoms. The van der Waals surface area contributed by atoms with Crippen LogP contribution in [-0.4, -0.2) is 26.3 Å². The highest BCUT2D eigenvalue weighted by Crippen LogP contribution is 2.29. The van der Waals surface area contributed by atoms with Gasteiger partial charge in [0, 0.05) is 18.6 Å². The van der Waals surface area contributed by atoms with Crippen LogP contribution in [-0.2, 0) is 10.0 Å². The average Bonchev–Trinajstić information content (AvgIpc) is 2.81. The van der Waals surface area contributed by atoms with Gasteiger partial charge >= 0.3 is 0 Å². The number of anilines is 1. The summed E-state index contributed by atoms with van der Waals surface area (Å²) in [5.41, 5.74) is 5.96. The van der Waals surface area contributed by atoms with Gasteiger partial charge < -0.3 is 5.73 Å². The third kappa shape index (κ3) is 3.22. The lowest BCUT2D eigenvalue weighted by Crippen LogP contribution is -2.31. The van der Waals surface area contributed by atoms with E-state index in [-0.39, 0.29) is 10.6 Å². The van der Waals surface area contributed by atoms with Crippen LogP contribution < -0.4 is 5.73 Å². The van der Waals surface area contributed by atoms with E-state index in [0.717, 1.165) is 12.8 Å². The molecule has 1 saturated carbocycles. The minimum absolute atomic E-state index is 0.136. The summed E-state index contributed by atoms with van der Waals surface area (Å²) < 4.78 is 26.3. The van der Waals surface area contributed by atoms with Crippen LogP contribution in [0.25, 0.3) is 0 Å². The van der Waals surface area contributed by atoms with Gasteiger partial charge in [0.2, 0.25) is 10.0 Å². The Balaban J connectivity index is 2.20. The van der Waals surface area contributed by atoms with E-state index in [1.165, 1.54) is 29.3 Å². The zero-order valence-electron chi connectivity index (χ0n) is 11.0. The average molecular weight is 303 g/mol. The molecule has 1 fully saturated rings. The van der Waals surface area contributed by atoms with E-state index in [2.05, 4.69) is 0 Å². The molecule has 106 valence electrons. The van der Waals surface area contributed by atoms with Crippen molar-refractivity contribution < 1.29 is 8.42 Å². The molecule has 6 heteroatoms. The Morgan fingerprint density at radius 3 is 2.58 bits per heavy atom. The fourth-order valence-electron chi connectivity index (χ4n) is 2.58. The van der Waals surface area contributed by atoms with Crippen LogP contribution in [0, 0.1) is 5.92 Å². The summed E-state index contributed by atoms with van der Waals surface area (Å²) in [5.74, 6) is 0.466. The molecule has 2 rings (SSSR count). The molecule has 2 N–H and O–H groups in total. The molecule has 0 radical (unpaired) electrons. The van der Waals surface area contributed by atoms with Gasteiger partial charge in [0.05, 0.1) is 5.69 Å². The van der Waals surface area contributed by atoms with E-state index in [4.69, 9.17) is 17.3 Å². The SMILES string of the molecule is CN(CC1CCCC1)S(=O)(=O)c1ccc(Cl)cc1N. The number of hydrogen-bond donors (Lipinski definition) is 1. The van der Waals surface area contributed by atoms with Crippen molar-refractivity contribution in [2.45, 2.75) is 30.6 Å². The van der Waals surface area contributed by atoms with Gasteiger partial charge in [-0.05, 0) is 37.0 Å². The number of nitrogen functional groups attached to an aromatic ring is 1. The molecule has 1 aromatic rings. The zero-order valence-corrected chi connectivity index (χ0v) is 12.5. The highest BCUT2D eigenvalue weighted by molar-refractivity contribution is 7.89. The Labute approximate surface area is 119 Å². The van der Waals surface area contributed by atoms with Crippen molar-refractivity contribution in [1.82, 2.24) is 4.31 Å². The number of nitrogens with two attached hydrogens (primary N) is 1. The Hall–Kier alpha value is -0.780. The first-order chi connectivity index (χ1) is 8.91. The number of nitrogens with zero attached hydrogens (tertiary/aromatic N) is 1. The van der Waals surface area contributed by atoms with Crippen molar-refractivity contribution in [1.29, 1.82) is 0 Å². The van der Waals surface area contributed by atoms with Crippen molar-refractivity contribution in [3.05, 3.63) is 23.2 Å². The lowest BCUT2D eigenvalue weighted by molar-refractivity contribution is 0.387. The first-order valence-corrected chi connectivity index (χ1v) is 8.24. The van der Waals surface area contributed by atoms with Crippen molar-refractivity contribution in [2.24, 2.45) is 5.92 Å². The second kappa shape index (κ2) is 5.69. The van der Waals surface area contributed by atoms with Crippen molar-refractivity contribution in [3.63, 3.8) is 0 Å². The molecule has 0 amide bonds. The topological polar surface area (TPSA) is 63.4 Å². The van der Waals surface area contributed by atoms with E-state index in [0.29, 0.717) is 17.5 Å². The molecule has 0 atom stereocenters. The second-order valence-electron chi connectivity index (χ2n) is 5.12.